The van der Waals surface area contributed by atoms with Gasteiger partial charge in [-0.05, 0) is 32.1 Å². The van der Waals surface area contributed by atoms with Gasteiger partial charge in [-0.1, -0.05) is 26.7 Å². The van der Waals surface area contributed by atoms with E-state index < -0.39 is 0 Å². The number of methoxy groups -OCH3 is 1. The number of ether oxygens (including phenoxy) is 1. The average Bonchev–Trinajstić information content (AvgIpc) is 3.00. The topological polar surface area (TPSA) is 34.1 Å². The number of fused-ring (bicyclic) bond motifs is 1. The Hall–Kier alpha value is -0.450. The SMILES string of the molecule is CCCC(CCC)(NCCOC)c1nc2c(s1)CCC2. The van der Waals surface area contributed by atoms with Crippen LogP contribution in [0.2, 0.25) is 0 Å². The molecule has 0 fully saturated rings. The predicted octanol–water partition coefficient (Wildman–Crippen LogP) is 3.66. The second-order valence-electron chi connectivity index (χ2n) is 5.74. The maximum Gasteiger partial charge on any atom is 0.113 e. The van der Waals surface area contributed by atoms with Crippen LogP contribution in [0.4, 0.5) is 0 Å². The zero-order chi connectivity index (χ0) is 14.4. The number of thiazole rings is 1. The molecule has 1 aliphatic carbocycles. The summed E-state index contributed by atoms with van der Waals surface area (Å²) < 4.78 is 5.21. The smallest absolute Gasteiger partial charge is 0.113 e. The van der Waals surface area contributed by atoms with Crippen molar-refractivity contribution in [3.05, 3.63) is 15.6 Å². The van der Waals surface area contributed by atoms with Crippen molar-refractivity contribution >= 4 is 11.3 Å². The summed E-state index contributed by atoms with van der Waals surface area (Å²) in [6.45, 7) is 6.20. The van der Waals surface area contributed by atoms with Crippen molar-refractivity contribution in [2.24, 2.45) is 0 Å². The molecule has 0 saturated carbocycles. The van der Waals surface area contributed by atoms with E-state index in [0.29, 0.717) is 0 Å². The zero-order valence-corrected chi connectivity index (χ0v) is 13.9. The van der Waals surface area contributed by atoms with Crippen LogP contribution in [0.3, 0.4) is 0 Å². The Balaban J connectivity index is 2.21. The molecule has 0 aromatic carbocycles. The van der Waals surface area contributed by atoms with Gasteiger partial charge in [0.1, 0.15) is 5.01 Å². The van der Waals surface area contributed by atoms with Crippen molar-refractivity contribution < 1.29 is 4.74 Å². The number of aryl methyl sites for hydroxylation is 2. The van der Waals surface area contributed by atoms with Crippen molar-refractivity contribution in [3.8, 4) is 0 Å². The van der Waals surface area contributed by atoms with Crippen LogP contribution in [0.25, 0.3) is 0 Å². The first kappa shape index (κ1) is 15.9. The highest BCUT2D eigenvalue weighted by Gasteiger charge is 2.34. The molecule has 3 nitrogen and oxygen atoms in total. The van der Waals surface area contributed by atoms with Gasteiger partial charge in [0.15, 0.2) is 0 Å². The zero-order valence-electron chi connectivity index (χ0n) is 13.1. The summed E-state index contributed by atoms with van der Waals surface area (Å²) in [7, 11) is 1.76. The van der Waals surface area contributed by atoms with E-state index in [2.05, 4.69) is 19.2 Å². The Kier molecular flexibility index (Phi) is 6.00. The highest BCUT2D eigenvalue weighted by Crippen LogP contribution is 2.38. The summed E-state index contributed by atoms with van der Waals surface area (Å²) in [6, 6.07) is 0. The molecule has 0 unspecified atom stereocenters. The highest BCUT2D eigenvalue weighted by atomic mass is 32.1. The van der Waals surface area contributed by atoms with Crippen molar-refractivity contribution in [3.63, 3.8) is 0 Å². The summed E-state index contributed by atoms with van der Waals surface area (Å²) in [4.78, 5) is 6.53. The van der Waals surface area contributed by atoms with Crippen molar-refractivity contribution in [1.82, 2.24) is 10.3 Å². The van der Waals surface area contributed by atoms with Gasteiger partial charge in [-0.2, -0.15) is 0 Å². The molecule has 1 aliphatic rings. The number of aromatic nitrogens is 1. The molecule has 0 amide bonds. The van der Waals surface area contributed by atoms with E-state index >= 15 is 0 Å². The van der Waals surface area contributed by atoms with Gasteiger partial charge in [0.2, 0.25) is 0 Å². The largest absolute Gasteiger partial charge is 0.383 e. The van der Waals surface area contributed by atoms with Gasteiger partial charge in [0, 0.05) is 18.5 Å². The van der Waals surface area contributed by atoms with Gasteiger partial charge in [0.25, 0.3) is 0 Å². The summed E-state index contributed by atoms with van der Waals surface area (Å²) >= 11 is 1.95. The first-order valence-electron chi connectivity index (χ1n) is 7.98. The van der Waals surface area contributed by atoms with Gasteiger partial charge in [-0.25, -0.2) is 4.98 Å². The minimum Gasteiger partial charge on any atom is -0.383 e. The number of nitrogens with one attached hydrogen (secondary N) is 1. The Morgan fingerprint density at radius 1 is 1.25 bits per heavy atom. The second kappa shape index (κ2) is 7.53. The molecular formula is C16H28N2OS. The van der Waals surface area contributed by atoms with E-state index in [1.54, 1.807) is 7.11 Å². The molecule has 1 N–H and O–H groups in total. The fourth-order valence-electron chi connectivity index (χ4n) is 3.23. The normalized spacial score (nSPS) is 14.8. The molecular weight excluding hydrogens is 268 g/mol. The number of nitrogens with zero attached hydrogens (tertiary/aromatic N) is 1. The third-order valence-corrected chi connectivity index (χ3v) is 5.49. The molecule has 0 radical (unpaired) electrons. The highest BCUT2D eigenvalue weighted by molar-refractivity contribution is 7.12. The molecule has 0 spiro atoms. The fraction of sp³-hybridized carbons (Fsp3) is 0.812. The maximum absolute atomic E-state index is 5.21. The minimum absolute atomic E-state index is 0.0665. The Labute approximate surface area is 127 Å². The third-order valence-electron chi connectivity index (χ3n) is 4.13. The summed E-state index contributed by atoms with van der Waals surface area (Å²) in [5, 5.41) is 5.09. The molecule has 0 atom stereocenters. The Morgan fingerprint density at radius 3 is 2.60 bits per heavy atom. The lowest BCUT2D eigenvalue weighted by Gasteiger charge is -2.33. The first-order chi connectivity index (χ1) is 9.75. The molecule has 1 aromatic heterocycles. The van der Waals surface area contributed by atoms with Crippen LogP contribution in [0.1, 0.15) is 61.5 Å². The number of rotatable bonds is 9. The average molecular weight is 296 g/mol. The lowest BCUT2D eigenvalue weighted by Crippen LogP contribution is -2.44. The van der Waals surface area contributed by atoms with E-state index in [1.165, 1.54) is 47.7 Å². The Bertz CT molecular complexity index is 389. The molecule has 2 rings (SSSR count). The van der Waals surface area contributed by atoms with Crippen LogP contribution in [-0.2, 0) is 23.1 Å². The predicted molar refractivity (Wildman–Crippen MR) is 85.5 cm³/mol. The molecule has 114 valence electrons. The quantitative estimate of drug-likeness (QED) is 0.706. The van der Waals surface area contributed by atoms with E-state index in [4.69, 9.17) is 9.72 Å². The van der Waals surface area contributed by atoms with Crippen molar-refractivity contribution in [2.75, 3.05) is 20.3 Å². The molecule has 4 heteroatoms. The molecule has 20 heavy (non-hydrogen) atoms. The lowest BCUT2D eigenvalue weighted by molar-refractivity contribution is 0.176. The van der Waals surface area contributed by atoms with Gasteiger partial charge >= 0.3 is 0 Å². The van der Waals surface area contributed by atoms with Gasteiger partial charge < -0.3 is 10.1 Å². The second-order valence-corrected chi connectivity index (χ2v) is 6.83. The standard InChI is InChI=1S/C16H28N2OS/c1-4-9-16(10-5-2,17-11-12-19-3)15-18-13-7-6-8-14(13)20-15/h17H,4-12H2,1-3H3. The number of hydrogen-bond acceptors (Lipinski definition) is 4. The third kappa shape index (κ3) is 3.41. The van der Waals surface area contributed by atoms with Crippen LogP contribution < -0.4 is 5.32 Å². The molecule has 0 saturated heterocycles. The molecule has 1 heterocycles. The number of hydrogen-bond donors (Lipinski definition) is 1. The van der Waals surface area contributed by atoms with Crippen LogP contribution in [0.5, 0.6) is 0 Å². The van der Waals surface area contributed by atoms with Crippen molar-refractivity contribution in [1.29, 1.82) is 0 Å². The summed E-state index contributed by atoms with van der Waals surface area (Å²) in [5.41, 5.74) is 1.44. The minimum atomic E-state index is 0.0665. The van der Waals surface area contributed by atoms with E-state index in [1.807, 2.05) is 11.3 Å². The molecule has 0 aliphatic heterocycles. The lowest BCUT2D eigenvalue weighted by atomic mass is 9.89. The molecule has 0 bridgehead atoms. The molecule has 1 aromatic rings. The van der Waals surface area contributed by atoms with E-state index in [0.717, 1.165) is 26.0 Å². The first-order valence-corrected chi connectivity index (χ1v) is 8.80. The maximum atomic E-state index is 5.21. The monoisotopic (exact) mass is 296 g/mol. The van der Waals surface area contributed by atoms with Crippen LogP contribution in [0, 0.1) is 0 Å². The van der Waals surface area contributed by atoms with Gasteiger partial charge in [0.05, 0.1) is 17.8 Å². The van der Waals surface area contributed by atoms with E-state index in [-0.39, 0.29) is 5.54 Å². The van der Waals surface area contributed by atoms with Gasteiger partial charge in [-0.15, -0.1) is 11.3 Å². The Morgan fingerprint density at radius 2 is 2.00 bits per heavy atom. The van der Waals surface area contributed by atoms with Crippen LogP contribution in [0.15, 0.2) is 0 Å². The summed E-state index contributed by atoms with van der Waals surface area (Å²) in [5.74, 6) is 0. The van der Waals surface area contributed by atoms with Gasteiger partial charge in [-0.3, -0.25) is 0 Å². The van der Waals surface area contributed by atoms with Crippen LogP contribution in [-0.4, -0.2) is 25.2 Å². The summed E-state index contributed by atoms with van der Waals surface area (Å²) in [6.07, 6.45) is 8.40. The van der Waals surface area contributed by atoms with Crippen molar-refractivity contribution in [2.45, 2.75) is 64.3 Å². The van der Waals surface area contributed by atoms with E-state index in [9.17, 15) is 0 Å². The fourth-order valence-corrected chi connectivity index (χ4v) is 4.61. The van der Waals surface area contributed by atoms with Crippen LogP contribution >= 0.6 is 11.3 Å².